The fourth-order valence-corrected chi connectivity index (χ4v) is 4.79. The average molecular weight is 498 g/mol. The number of sulfone groups is 1. The van der Waals surface area contributed by atoms with Gasteiger partial charge in [-0.1, -0.05) is 18.2 Å². The molecule has 3 N–H and O–H groups in total. The lowest BCUT2D eigenvalue weighted by atomic mass is 9.93. The summed E-state index contributed by atoms with van der Waals surface area (Å²) in [7, 11) is -3.39. The lowest BCUT2D eigenvalue weighted by Gasteiger charge is -2.32. The molecule has 0 spiro atoms. The molecule has 1 aromatic heterocycles. The minimum absolute atomic E-state index is 0.00257. The van der Waals surface area contributed by atoms with Crippen molar-refractivity contribution in [3.63, 3.8) is 0 Å². The summed E-state index contributed by atoms with van der Waals surface area (Å²) in [6.07, 6.45) is -11.7. The van der Waals surface area contributed by atoms with E-state index in [1.807, 2.05) is 0 Å². The van der Waals surface area contributed by atoms with Crippen LogP contribution in [-0.2, 0) is 22.0 Å². The van der Waals surface area contributed by atoms with E-state index >= 15 is 0 Å². The molecule has 1 aliphatic rings. The van der Waals surface area contributed by atoms with Gasteiger partial charge in [0, 0.05) is 18.3 Å². The van der Waals surface area contributed by atoms with Crippen LogP contribution in [0.15, 0.2) is 47.5 Å². The summed E-state index contributed by atoms with van der Waals surface area (Å²) in [4.78, 5) is 3.58. The Balaban J connectivity index is 1.66. The largest absolute Gasteiger partial charge is 0.430 e. The van der Waals surface area contributed by atoms with Crippen molar-refractivity contribution >= 4 is 9.84 Å². The van der Waals surface area contributed by atoms with Gasteiger partial charge in [-0.05, 0) is 42.5 Å². The van der Waals surface area contributed by atoms with Gasteiger partial charge in [0.2, 0.25) is 0 Å². The summed E-state index contributed by atoms with van der Waals surface area (Å²) < 4.78 is 102. The summed E-state index contributed by atoms with van der Waals surface area (Å²) in [5, 5.41) is 22.0. The van der Waals surface area contributed by atoms with Gasteiger partial charge in [0.15, 0.2) is 9.84 Å². The highest BCUT2D eigenvalue weighted by Gasteiger charge is 2.71. The van der Waals surface area contributed by atoms with E-state index in [9.17, 15) is 45.0 Å². The fraction of sp³-hybridized carbons (Fsp3) is 0.450. The maximum Gasteiger partial charge on any atom is 0.430 e. The molecule has 0 aliphatic heterocycles. The van der Waals surface area contributed by atoms with E-state index in [0.29, 0.717) is 11.6 Å². The molecule has 0 bridgehead atoms. The molecule has 2 aromatic rings. The van der Waals surface area contributed by atoms with E-state index in [-0.39, 0.29) is 35.0 Å². The molecule has 6 nitrogen and oxygen atoms in total. The van der Waals surface area contributed by atoms with Crippen LogP contribution in [0, 0.1) is 5.92 Å². The number of nitrogens with zero attached hydrogens (tertiary/aromatic N) is 1. The van der Waals surface area contributed by atoms with Gasteiger partial charge in [0.1, 0.15) is 6.23 Å². The lowest BCUT2D eigenvalue weighted by molar-refractivity contribution is -0.376. The summed E-state index contributed by atoms with van der Waals surface area (Å²) in [5.41, 5.74) is -6.36. The predicted octanol–water partition coefficient (Wildman–Crippen LogP) is 3.36. The maximum atomic E-state index is 12.9. The first-order chi connectivity index (χ1) is 15.1. The van der Waals surface area contributed by atoms with E-state index in [1.165, 1.54) is 24.3 Å². The summed E-state index contributed by atoms with van der Waals surface area (Å²) >= 11 is 0. The first-order valence-corrected chi connectivity index (χ1v) is 11.4. The molecular formula is C20H20F6N2O4S. The van der Waals surface area contributed by atoms with Crippen molar-refractivity contribution in [3.8, 4) is 0 Å². The van der Waals surface area contributed by atoms with Crippen LogP contribution in [0.5, 0.6) is 0 Å². The SMILES string of the molecule is O=S(=O)(CC1CC1)c1ccc(CNC(O)c2ccc(C(O)(C(F)(F)F)C(F)(F)F)cn2)cc1. The summed E-state index contributed by atoms with van der Waals surface area (Å²) in [6, 6.07) is 6.98. The zero-order valence-electron chi connectivity index (χ0n) is 16.9. The third-order valence-electron chi connectivity index (χ3n) is 5.24. The van der Waals surface area contributed by atoms with Crippen molar-refractivity contribution < 1.29 is 45.0 Å². The Kier molecular flexibility index (Phi) is 6.82. The quantitative estimate of drug-likeness (QED) is 0.382. The number of benzene rings is 1. The highest BCUT2D eigenvalue weighted by atomic mass is 32.2. The molecule has 33 heavy (non-hydrogen) atoms. The highest BCUT2D eigenvalue weighted by Crippen LogP contribution is 2.49. The first-order valence-electron chi connectivity index (χ1n) is 9.70. The van der Waals surface area contributed by atoms with Crippen molar-refractivity contribution in [2.24, 2.45) is 5.92 Å². The smallest absolute Gasteiger partial charge is 0.373 e. The molecule has 182 valence electrons. The Hall–Kier alpha value is -2.22. The van der Waals surface area contributed by atoms with Gasteiger partial charge < -0.3 is 10.2 Å². The zero-order chi connectivity index (χ0) is 24.7. The number of aromatic nitrogens is 1. The van der Waals surface area contributed by atoms with Crippen molar-refractivity contribution in [2.45, 2.75) is 48.5 Å². The molecule has 1 unspecified atom stereocenters. The topological polar surface area (TPSA) is 99.5 Å². The lowest BCUT2D eigenvalue weighted by Crippen LogP contribution is -2.54. The van der Waals surface area contributed by atoms with Crippen molar-refractivity contribution in [1.29, 1.82) is 0 Å². The second-order valence-electron chi connectivity index (χ2n) is 7.83. The van der Waals surface area contributed by atoms with Crippen LogP contribution in [0.3, 0.4) is 0 Å². The number of halogens is 6. The molecular weight excluding hydrogens is 478 g/mol. The zero-order valence-corrected chi connectivity index (χ0v) is 17.7. The van der Waals surface area contributed by atoms with Gasteiger partial charge in [-0.2, -0.15) is 26.3 Å². The molecule has 0 saturated heterocycles. The molecule has 3 rings (SSSR count). The summed E-state index contributed by atoms with van der Waals surface area (Å²) in [5.74, 6) is 0.275. The fourth-order valence-electron chi connectivity index (χ4n) is 3.09. The van der Waals surface area contributed by atoms with Crippen molar-refractivity contribution in [1.82, 2.24) is 10.3 Å². The van der Waals surface area contributed by atoms with E-state index in [4.69, 9.17) is 0 Å². The van der Waals surface area contributed by atoms with Gasteiger partial charge in [-0.15, -0.1) is 0 Å². The Morgan fingerprint density at radius 1 is 1.00 bits per heavy atom. The molecule has 0 radical (unpaired) electrons. The number of aliphatic hydroxyl groups is 2. The summed E-state index contributed by atoms with van der Waals surface area (Å²) in [6.45, 7) is 0.00257. The van der Waals surface area contributed by atoms with Crippen LogP contribution in [-0.4, -0.2) is 41.7 Å². The van der Waals surface area contributed by atoms with E-state index < -0.39 is 39.6 Å². The maximum absolute atomic E-state index is 12.9. The van der Waals surface area contributed by atoms with Gasteiger partial charge in [0.25, 0.3) is 5.60 Å². The second kappa shape index (κ2) is 8.85. The standard InChI is InChI=1S/C20H20F6N2O4S/c21-19(22,23)18(30,20(24,25)26)14-5-8-16(27-10-14)17(29)28-9-12-3-6-15(7-4-12)33(31,32)11-13-1-2-13/h3-8,10,13,17,28-30H,1-2,9,11H2. The molecule has 0 amide bonds. The van der Waals surface area contributed by atoms with Crippen LogP contribution in [0.4, 0.5) is 26.3 Å². The molecule has 13 heteroatoms. The molecule has 1 fully saturated rings. The number of hydrogen-bond acceptors (Lipinski definition) is 6. The van der Waals surface area contributed by atoms with E-state index in [0.717, 1.165) is 18.9 Å². The Morgan fingerprint density at radius 3 is 2.03 bits per heavy atom. The Bertz CT molecular complexity index is 1050. The number of rotatable bonds is 8. The Labute approximate surface area is 185 Å². The number of alkyl halides is 6. The third-order valence-corrected chi connectivity index (χ3v) is 7.14. The minimum atomic E-state index is -6.04. The molecule has 1 aliphatic carbocycles. The monoisotopic (exact) mass is 498 g/mol. The average Bonchev–Trinajstić information content (AvgIpc) is 3.53. The molecule has 1 atom stereocenters. The van der Waals surface area contributed by atoms with Gasteiger partial charge >= 0.3 is 12.4 Å². The Morgan fingerprint density at radius 2 is 1.58 bits per heavy atom. The van der Waals surface area contributed by atoms with Crippen molar-refractivity contribution in [2.75, 3.05) is 5.75 Å². The normalized spacial score (nSPS) is 16.6. The van der Waals surface area contributed by atoms with E-state index in [2.05, 4.69) is 10.3 Å². The van der Waals surface area contributed by atoms with Gasteiger partial charge in [-0.3, -0.25) is 10.3 Å². The molecule has 1 saturated carbocycles. The number of hydrogen-bond donors (Lipinski definition) is 3. The third kappa shape index (κ3) is 5.48. The van der Waals surface area contributed by atoms with Gasteiger partial charge in [0.05, 0.1) is 16.3 Å². The van der Waals surface area contributed by atoms with Crippen LogP contribution in [0.25, 0.3) is 0 Å². The van der Waals surface area contributed by atoms with Crippen molar-refractivity contribution in [3.05, 3.63) is 59.4 Å². The van der Waals surface area contributed by atoms with Crippen LogP contribution >= 0.6 is 0 Å². The van der Waals surface area contributed by atoms with E-state index in [1.54, 1.807) is 0 Å². The molecule has 1 heterocycles. The molecule has 1 aromatic carbocycles. The van der Waals surface area contributed by atoms with Crippen LogP contribution in [0.2, 0.25) is 0 Å². The van der Waals surface area contributed by atoms with Crippen LogP contribution < -0.4 is 5.32 Å². The minimum Gasteiger partial charge on any atom is -0.373 e. The van der Waals surface area contributed by atoms with Crippen LogP contribution in [0.1, 0.15) is 35.9 Å². The first kappa shape index (κ1) is 25.4. The van der Waals surface area contributed by atoms with Gasteiger partial charge in [-0.25, -0.2) is 8.42 Å². The second-order valence-corrected chi connectivity index (χ2v) is 9.86. The number of aliphatic hydroxyl groups excluding tert-OH is 1. The predicted molar refractivity (Wildman–Crippen MR) is 103 cm³/mol. The number of nitrogens with one attached hydrogen (secondary N) is 1. The number of pyridine rings is 1. The highest BCUT2D eigenvalue weighted by molar-refractivity contribution is 7.91.